The average Bonchev–Trinajstić information content (AvgIpc) is 2.99. The van der Waals surface area contributed by atoms with Crippen LogP contribution in [0.15, 0.2) is 42.7 Å². The summed E-state index contributed by atoms with van der Waals surface area (Å²) in [6.45, 7) is 5.15. The van der Waals surface area contributed by atoms with Gasteiger partial charge >= 0.3 is 0 Å². The van der Waals surface area contributed by atoms with Gasteiger partial charge in [-0.25, -0.2) is 14.6 Å². The number of amides is 1. The highest BCUT2D eigenvalue weighted by molar-refractivity contribution is 5.95. The van der Waals surface area contributed by atoms with Crippen molar-refractivity contribution in [1.29, 1.82) is 0 Å². The second kappa shape index (κ2) is 7.30. The van der Waals surface area contributed by atoms with E-state index in [-0.39, 0.29) is 11.8 Å². The van der Waals surface area contributed by atoms with E-state index in [1.54, 1.807) is 11.8 Å². The zero-order valence-corrected chi connectivity index (χ0v) is 16.1. The smallest absolute Gasteiger partial charge is 0.231 e. The Labute approximate surface area is 163 Å². The van der Waals surface area contributed by atoms with E-state index in [4.69, 9.17) is 4.74 Å². The molecule has 8 heteroatoms. The number of ether oxygens (including phenoxy) is 1. The maximum absolute atomic E-state index is 12.5. The molecule has 1 saturated heterocycles. The first-order valence-corrected chi connectivity index (χ1v) is 9.09. The fourth-order valence-corrected chi connectivity index (χ4v) is 3.30. The summed E-state index contributed by atoms with van der Waals surface area (Å²) in [7, 11) is 1.59. The molecule has 0 unspecified atom stereocenters. The summed E-state index contributed by atoms with van der Waals surface area (Å²) in [5.74, 6) is 2.04. The van der Waals surface area contributed by atoms with E-state index in [1.807, 2.05) is 50.2 Å². The van der Waals surface area contributed by atoms with E-state index in [9.17, 15) is 4.79 Å². The number of nitrogens with zero attached hydrogens (tertiary/aromatic N) is 5. The number of aryl methyl sites for hydroxylation is 2. The number of aromatic nitrogens is 4. The molecule has 1 fully saturated rings. The van der Waals surface area contributed by atoms with Gasteiger partial charge in [0.25, 0.3) is 0 Å². The van der Waals surface area contributed by atoms with Crippen molar-refractivity contribution in [2.75, 3.05) is 30.4 Å². The van der Waals surface area contributed by atoms with E-state index >= 15 is 0 Å². The van der Waals surface area contributed by atoms with Crippen LogP contribution in [0.2, 0.25) is 0 Å². The van der Waals surface area contributed by atoms with Crippen molar-refractivity contribution in [2.24, 2.45) is 5.92 Å². The first-order valence-electron chi connectivity index (χ1n) is 9.09. The fourth-order valence-electron chi connectivity index (χ4n) is 3.30. The van der Waals surface area contributed by atoms with Gasteiger partial charge in [0.1, 0.15) is 17.9 Å². The Morgan fingerprint density at radius 3 is 2.61 bits per heavy atom. The van der Waals surface area contributed by atoms with Gasteiger partial charge in [0.15, 0.2) is 5.82 Å². The third kappa shape index (κ3) is 3.40. The van der Waals surface area contributed by atoms with Crippen molar-refractivity contribution >= 4 is 17.4 Å². The monoisotopic (exact) mass is 378 g/mol. The van der Waals surface area contributed by atoms with Crippen LogP contribution in [0.3, 0.4) is 0 Å². The van der Waals surface area contributed by atoms with Gasteiger partial charge in [-0.2, -0.15) is 5.10 Å². The predicted molar refractivity (Wildman–Crippen MR) is 106 cm³/mol. The zero-order valence-electron chi connectivity index (χ0n) is 16.1. The summed E-state index contributed by atoms with van der Waals surface area (Å²) in [6, 6.07) is 11.3. The van der Waals surface area contributed by atoms with Gasteiger partial charge in [-0.05, 0) is 32.0 Å². The number of hydrogen-bond donors (Lipinski definition) is 1. The number of benzene rings is 1. The van der Waals surface area contributed by atoms with Crippen LogP contribution < -0.4 is 15.0 Å². The summed E-state index contributed by atoms with van der Waals surface area (Å²) in [5.41, 5.74) is 2.64. The lowest BCUT2D eigenvalue weighted by Gasteiger charge is -2.39. The van der Waals surface area contributed by atoms with Crippen LogP contribution in [0.25, 0.3) is 5.82 Å². The number of hydrogen-bond acceptors (Lipinski definition) is 6. The summed E-state index contributed by atoms with van der Waals surface area (Å²) in [6.07, 6.45) is 1.53. The molecule has 0 spiro atoms. The topological polar surface area (TPSA) is 85.2 Å². The maximum atomic E-state index is 12.5. The molecule has 8 nitrogen and oxygen atoms in total. The lowest BCUT2D eigenvalue weighted by molar-refractivity contribution is -0.120. The van der Waals surface area contributed by atoms with Gasteiger partial charge in [0.2, 0.25) is 5.91 Å². The molecule has 28 heavy (non-hydrogen) atoms. The van der Waals surface area contributed by atoms with Crippen LogP contribution in [-0.4, -0.2) is 45.9 Å². The Morgan fingerprint density at radius 1 is 1.14 bits per heavy atom. The first-order chi connectivity index (χ1) is 13.5. The fraction of sp³-hybridized carbons (Fsp3) is 0.300. The number of methoxy groups -OCH3 is 1. The van der Waals surface area contributed by atoms with Crippen LogP contribution in [0.4, 0.5) is 11.5 Å². The van der Waals surface area contributed by atoms with Crippen LogP contribution in [-0.2, 0) is 4.79 Å². The van der Waals surface area contributed by atoms with E-state index in [2.05, 4.69) is 25.3 Å². The third-order valence-corrected chi connectivity index (χ3v) is 4.81. The van der Waals surface area contributed by atoms with Crippen molar-refractivity contribution in [3.63, 3.8) is 0 Å². The largest absolute Gasteiger partial charge is 0.495 e. The SMILES string of the molecule is COc1ccccc1NC(=O)C1CN(c2cc(-n3nc(C)cc3C)ncn2)C1. The highest BCUT2D eigenvalue weighted by Gasteiger charge is 2.34. The van der Waals surface area contributed by atoms with Gasteiger partial charge < -0.3 is 15.0 Å². The number of carbonyl (C=O) groups is 1. The Morgan fingerprint density at radius 2 is 1.89 bits per heavy atom. The average molecular weight is 378 g/mol. The molecule has 4 rings (SSSR count). The minimum absolute atomic E-state index is 0.0198. The number of rotatable bonds is 5. The Bertz CT molecular complexity index is 1010. The van der Waals surface area contributed by atoms with Gasteiger partial charge in [-0.1, -0.05) is 12.1 Å². The molecule has 2 aromatic heterocycles. The normalized spacial score (nSPS) is 13.9. The molecule has 144 valence electrons. The number of para-hydroxylation sites is 2. The molecule has 0 saturated carbocycles. The number of anilines is 2. The van der Waals surface area contributed by atoms with Crippen LogP contribution in [0.5, 0.6) is 5.75 Å². The first kappa shape index (κ1) is 18.0. The molecular formula is C20H22N6O2. The van der Waals surface area contributed by atoms with Crippen LogP contribution in [0, 0.1) is 19.8 Å². The van der Waals surface area contributed by atoms with Gasteiger partial charge in [0.05, 0.1) is 24.4 Å². The Kier molecular flexibility index (Phi) is 4.68. The molecule has 1 N–H and O–H groups in total. The highest BCUT2D eigenvalue weighted by atomic mass is 16.5. The lowest BCUT2D eigenvalue weighted by atomic mass is 9.99. The maximum Gasteiger partial charge on any atom is 0.231 e. The van der Waals surface area contributed by atoms with Crippen LogP contribution >= 0.6 is 0 Å². The second-order valence-electron chi connectivity index (χ2n) is 6.86. The summed E-state index contributed by atoms with van der Waals surface area (Å²) in [4.78, 5) is 23.3. The molecular weight excluding hydrogens is 356 g/mol. The van der Waals surface area contributed by atoms with E-state index < -0.39 is 0 Å². The molecule has 1 aliphatic rings. The molecule has 1 aromatic carbocycles. The minimum Gasteiger partial charge on any atom is -0.495 e. The summed E-state index contributed by atoms with van der Waals surface area (Å²) < 4.78 is 7.08. The Hall–Kier alpha value is -3.42. The molecule has 0 bridgehead atoms. The zero-order chi connectivity index (χ0) is 19.7. The van der Waals surface area contributed by atoms with Crippen molar-refractivity contribution in [3.8, 4) is 11.6 Å². The van der Waals surface area contributed by atoms with Gasteiger partial charge in [0, 0.05) is 24.8 Å². The summed E-state index contributed by atoms with van der Waals surface area (Å²) >= 11 is 0. The van der Waals surface area contributed by atoms with E-state index in [0.717, 1.165) is 23.0 Å². The molecule has 1 aliphatic heterocycles. The van der Waals surface area contributed by atoms with E-state index in [1.165, 1.54) is 6.33 Å². The molecule has 0 radical (unpaired) electrons. The summed E-state index contributed by atoms with van der Waals surface area (Å²) in [5, 5.41) is 7.41. The standard InChI is InChI=1S/C20H22N6O2/c1-13-8-14(2)26(24-13)19-9-18(21-12-22-19)25-10-15(11-25)20(27)23-16-6-4-5-7-17(16)28-3/h4-9,12,15H,10-11H2,1-3H3,(H,23,27). The third-order valence-electron chi connectivity index (χ3n) is 4.81. The van der Waals surface area contributed by atoms with Gasteiger partial charge in [-0.3, -0.25) is 4.79 Å². The predicted octanol–water partition coefficient (Wildman–Crippen LogP) is 2.36. The number of carbonyl (C=O) groups excluding carboxylic acids is 1. The van der Waals surface area contributed by atoms with Crippen molar-refractivity contribution in [1.82, 2.24) is 19.7 Å². The van der Waals surface area contributed by atoms with Crippen LogP contribution in [0.1, 0.15) is 11.4 Å². The van der Waals surface area contributed by atoms with E-state index in [0.29, 0.717) is 24.5 Å². The molecule has 1 amide bonds. The lowest BCUT2D eigenvalue weighted by Crippen LogP contribution is -2.52. The molecule has 3 aromatic rings. The Balaban J connectivity index is 1.42. The van der Waals surface area contributed by atoms with Gasteiger partial charge in [-0.15, -0.1) is 0 Å². The molecule has 0 aliphatic carbocycles. The second-order valence-corrected chi connectivity index (χ2v) is 6.86. The quantitative estimate of drug-likeness (QED) is 0.734. The van der Waals surface area contributed by atoms with Crippen molar-refractivity contribution < 1.29 is 9.53 Å². The van der Waals surface area contributed by atoms with Crippen molar-refractivity contribution in [3.05, 3.63) is 54.1 Å². The minimum atomic E-state index is -0.1000. The molecule has 0 atom stereocenters. The number of nitrogens with one attached hydrogen (secondary N) is 1. The molecule has 3 heterocycles. The van der Waals surface area contributed by atoms with Crippen molar-refractivity contribution in [2.45, 2.75) is 13.8 Å². The highest BCUT2D eigenvalue weighted by Crippen LogP contribution is 2.27.